The summed E-state index contributed by atoms with van der Waals surface area (Å²) in [6, 6.07) is 0.536. The van der Waals surface area contributed by atoms with Crippen molar-refractivity contribution in [2.24, 2.45) is 5.92 Å². The molecule has 0 rings (SSSR count). The zero-order valence-corrected chi connectivity index (χ0v) is 12.7. The average molecular weight is 264 g/mol. The zero-order valence-electron chi connectivity index (χ0n) is 11.9. The van der Waals surface area contributed by atoms with Gasteiger partial charge in [0.2, 0.25) is 0 Å². The van der Waals surface area contributed by atoms with Gasteiger partial charge in [-0.15, -0.1) is 0 Å². The van der Waals surface area contributed by atoms with Gasteiger partial charge in [-0.1, -0.05) is 13.8 Å². The Labute approximate surface area is 107 Å². The van der Waals surface area contributed by atoms with E-state index in [9.17, 15) is 8.42 Å². The molecule has 5 heteroatoms. The number of hydrogen-bond donors (Lipinski definition) is 1. The smallest absolute Gasteiger partial charge is 0.148 e. The van der Waals surface area contributed by atoms with Crippen LogP contribution in [0.1, 0.15) is 27.7 Å². The van der Waals surface area contributed by atoms with E-state index >= 15 is 0 Å². The molecule has 0 aliphatic rings. The van der Waals surface area contributed by atoms with E-state index in [4.69, 9.17) is 0 Å². The molecule has 17 heavy (non-hydrogen) atoms. The first-order valence-electron chi connectivity index (χ1n) is 6.35. The van der Waals surface area contributed by atoms with E-state index in [1.807, 2.05) is 0 Å². The monoisotopic (exact) mass is 264 g/mol. The van der Waals surface area contributed by atoms with E-state index in [2.05, 4.69) is 37.9 Å². The molecule has 0 aliphatic carbocycles. The largest absolute Gasteiger partial charge is 0.314 e. The number of hydrogen-bond acceptors (Lipinski definition) is 4. The molecule has 0 saturated heterocycles. The Morgan fingerprint density at radius 1 is 1.12 bits per heavy atom. The molecule has 0 unspecified atom stereocenters. The number of nitrogens with one attached hydrogen (secondary N) is 1. The fourth-order valence-electron chi connectivity index (χ4n) is 1.63. The maximum Gasteiger partial charge on any atom is 0.148 e. The van der Waals surface area contributed by atoms with Crippen LogP contribution >= 0.6 is 0 Å². The molecule has 0 amide bonds. The lowest BCUT2D eigenvalue weighted by atomic mass is 10.2. The number of nitrogens with zero attached hydrogens (tertiary/aromatic N) is 1. The quantitative estimate of drug-likeness (QED) is 0.631. The van der Waals surface area contributed by atoms with Crippen molar-refractivity contribution < 1.29 is 8.42 Å². The minimum Gasteiger partial charge on any atom is -0.314 e. The van der Waals surface area contributed by atoms with Crippen LogP contribution in [0.5, 0.6) is 0 Å². The van der Waals surface area contributed by atoms with Crippen molar-refractivity contribution in [3.63, 3.8) is 0 Å². The second kappa shape index (κ2) is 8.06. The number of sulfone groups is 1. The van der Waals surface area contributed by atoms with Crippen LogP contribution in [0.4, 0.5) is 0 Å². The van der Waals surface area contributed by atoms with Gasteiger partial charge in [0, 0.05) is 38.5 Å². The van der Waals surface area contributed by atoms with Crippen LogP contribution in [0.3, 0.4) is 0 Å². The summed E-state index contributed by atoms with van der Waals surface area (Å²) in [6.07, 6.45) is 1.27. The molecule has 1 N–H and O–H groups in total. The van der Waals surface area contributed by atoms with Crippen molar-refractivity contribution in [2.75, 3.05) is 38.2 Å². The lowest BCUT2D eigenvalue weighted by Crippen LogP contribution is -2.39. The van der Waals surface area contributed by atoms with E-state index in [0.29, 0.717) is 18.5 Å². The third-order valence-corrected chi connectivity index (χ3v) is 3.50. The Morgan fingerprint density at radius 3 is 2.12 bits per heavy atom. The molecule has 0 radical (unpaired) electrons. The second-order valence-corrected chi connectivity index (χ2v) is 7.62. The van der Waals surface area contributed by atoms with Gasteiger partial charge < -0.3 is 5.32 Å². The molecule has 0 aromatic heterocycles. The molecule has 0 spiro atoms. The highest BCUT2D eigenvalue weighted by Gasteiger charge is 2.10. The number of rotatable bonds is 9. The van der Waals surface area contributed by atoms with Crippen LogP contribution in [-0.4, -0.2) is 57.5 Å². The van der Waals surface area contributed by atoms with E-state index in [-0.39, 0.29) is 5.75 Å². The van der Waals surface area contributed by atoms with Gasteiger partial charge in [0.15, 0.2) is 0 Å². The summed E-state index contributed by atoms with van der Waals surface area (Å²) in [4.78, 5) is 2.41. The minimum absolute atomic E-state index is 0.221. The van der Waals surface area contributed by atoms with Crippen molar-refractivity contribution >= 4 is 9.84 Å². The highest BCUT2D eigenvalue weighted by molar-refractivity contribution is 7.90. The van der Waals surface area contributed by atoms with Crippen molar-refractivity contribution in [3.8, 4) is 0 Å². The summed E-state index contributed by atoms with van der Waals surface area (Å²) in [5.74, 6) is 0.882. The van der Waals surface area contributed by atoms with Crippen LogP contribution < -0.4 is 5.32 Å². The van der Waals surface area contributed by atoms with Gasteiger partial charge in [-0.05, 0) is 19.8 Å². The third kappa shape index (κ3) is 10.7. The van der Waals surface area contributed by atoms with Crippen molar-refractivity contribution in [1.29, 1.82) is 0 Å². The van der Waals surface area contributed by atoms with E-state index in [1.54, 1.807) is 0 Å². The standard InChI is InChI=1S/C12H28N2O2S/c1-11(2)10-14(12(3)4)8-6-13-7-9-17(5,15)16/h11-13H,6-10H2,1-5H3. The fourth-order valence-corrected chi connectivity index (χ4v) is 2.15. The molecule has 0 heterocycles. The topological polar surface area (TPSA) is 49.4 Å². The van der Waals surface area contributed by atoms with Gasteiger partial charge in [-0.3, -0.25) is 4.90 Å². The predicted octanol–water partition coefficient (Wildman–Crippen LogP) is 0.987. The molecule has 0 atom stereocenters. The van der Waals surface area contributed by atoms with Crippen molar-refractivity contribution in [2.45, 2.75) is 33.7 Å². The maximum absolute atomic E-state index is 10.9. The highest BCUT2D eigenvalue weighted by atomic mass is 32.2. The molecule has 0 bridgehead atoms. The van der Waals surface area contributed by atoms with Crippen molar-refractivity contribution in [1.82, 2.24) is 10.2 Å². The Morgan fingerprint density at radius 2 is 1.71 bits per heavy atom. The highest BCUT2D eigenvalue weighted by Crippen LogP contribution is 2.02. The van der Waals surface area contributed by atoms with Gasteiger partial charge in [0.1, 0.15) is 9.84 Å². The zero-order chi connectivity index (χ0) is 13.5. The van der Waals surface area contributed by atoms with E-state index < -0.39 is 9.84 Å². The summed E-state index contributed by atoms with van der Waals surface area (Å²) >= 11 is 0. The molecule has 0 aromatic carbocycles. The Balaban J connectivity index is 3.76. The van der Waals surface area contributed by atoms with Crippen LogP contribution in [0.25, 0.3) is 0 Å². The maximum atomic E-state index is 10.9. The van der Waals surface area contributed by atoms with Gasteiger partial charge in [-0.25, -0.2) is 8.42 Å². The summed E-state index contributed by atoms with van der Waals surface area (Å²) < 4.78 is 21.9. The molecule has 104 valence electrons. The molecular weight excluding hydrogens is 236 g/mol. The van der Waals surface area contributed by atoms with E-state index in [1.165, 1.54) is 6.26 Å². The molecular formula is C12H28N2O2S. The third-order valence-electron chi connectivity index (χ3n) is 2.56. The second-order valence-electron chi connectivity index (χ2n) is 5.36. The van der Waals surface area contributed by atoms with E-state index in [0.717, 1.165) is 19.6 Å². The van der Waals surface area contributed by atoms with Gasteiger partial charge in [0.25, 0.3) is 0 Å². The van der Waals surface area contributed by atoms with Gasteiger partial charge in [-0.2, -0.15) is 0 Å². The minimum atomic E-state index is -2.84. The molecule has 0 aromatic rings. The lowest BCUT2D eigenvalue weighted by molar-refractivity contribution is 0.199. The van der Waals surface area contributed by atoms with Crippen LogP contribution in [0.2, 0.25) is 0 Å². The Kier molecular flexibility index (Phi) is 8.00. The first-order chi connectivity index (χ1) is 7.72. The Hall–Kier alpha value is -0.130. The first-order valence-corrected chi connectivity index (χ1v) is 8.41. The Bertz CT molecular complexity index is 287. The molecule has 0 fully saturated rings. The predicted molar refractivity (Wildman–Crippen MR) is 74.1 cm³/mol. The molecule has 0 saturated carbocycles. The van der Waals surface area contributed by atoms with Crippen molar-refractivity contribution in [3.05, 3.63) is 0 Å². The van der Waals surface area contributed by atoms with Gasteiger partial charge >= 0.3 is 0 Å². The summed E-state index contributed by atoms with van der Waals surface area (Å²) in [5.41, 5.74) is 0. The average Bonchev–Trinajstić information content (AvgIpc) is 2.12. The van der Waals surface area contributed by atoms with Gasteiger partial charge in [0.05, 0.1) is 5.75 Å². The van der Waals surface area contributed by atoms with Crippen LogP contribution in [0.15, 0.2) is 0 Å². The molecule has 4 nitrogen and oxygen atoms in total. The molecule has 0 aliphatic heterocycles. The lowest BCUT2D eigenvalue weighted by Gasteiger charge is -2.28. The van der Waals surface area contributed by atoms with Crippen LogP contribution in [0, 0.1) is 5.92 Å². The summed E-state index contributed by atoms with van der Waals surface area (Å²) in [5, 5.41) is 3.18. The fraction of sp³-hybridized carbons (Fsp3) is 1.00. The van der Waals surface area contributed by atoms with Crippen LogP contribution in [-0.2, 0) is 9.84 Å². The first kappa shape index (κ1) is 16.9. The normalized spacial score (nSPS) is 12.9. The summed E-state index contributed by atoms with van der Waals surface area (Å²) in [6.45, 7) is 12.3. The SMILES string of the molecule is CC(C)CN(CCNCCS(C)(=O)=O)C(C)C. The summed E-state index contributed by atoms with van der Waals surface area (Å²) in [7, 11) is -2.84.